The van der Waals surface area contributed by atoms with Crippen molar-refractivity contribution >= 4 is 21.7 Å². The minimum Gasteiger partial charge on any atom is -0.267 e. The van der Waals surface area contributed by atoms with E-state index in [-0.39, 0.29) is 16.2 Å². The average molecular weight is 319 g/mol. The van der Waals surface area contributed by atoms with Crippen molar-refractivity contribution in [2.75, 3.05) is 6.26 Å². The highest BCUT2D eigenvalue weighted by Gasteiger charge is 2.13. The Hall–Kier alpha value is -2.74. The van der Waals surface area contributed by atoms with E-state index >= 15 is 0 Å². The van der Waals surface area contributed by atoms with Gasteiger partial charge in [0.05, 0.1) is 4.90 Å². The van der Waals surface area contributed by atoms with Crippen molar-refractivity contribution in [3.05, 3.63) is 59.9 Å². The zero-order valence-corrected chi connectivity index (χ0v) is 12.4. The molecule has 0 aliphatic carbocycles. The first-order valence-corrected chi connectivity index (χ1v) is 8.09. The maximum atomic E-state index is 11.9. The van der Waals surface area contributed by atoms with E-state index in [2.05, 4.69) is 15.8 Å². The molecule has 0 aliphatic heterocycles. The number of hydrogen-bond donors (Lipinski definition) is 2. The molecular formula is C14H13N3O4S. The summed E-state index contributed by atoms with van der Waals surface area (Å²) in [6.07, 6.45) is 2.50. The number of pyridine rings is 1. The molecule has 1 aromatic heterocycles. The molecule has 7 nitrogen and oxygen atoms in total. The van der Waals surface area contributed by atoms with Gasteiger partial charge in [-0.1, -0.05) is 12.1 Å². The van der Waals surface area contributed by atoms with Crippen molar-refractivity contribution in [3.63, 3.8) is 0 Å². The molecule has 0 spiro atoms. The van der Waals surface area contributed by atoms with Crippen molar-refractivity contribution in [3.8, 4) is 0 Å². The lowest BCUT2D eigenvalue weighted by Gasteiger charge is -2.07. The Morgan fingerprint density at radius 3 is 2.36 bits per heavy atom. The number of amides is 2. The van der Waals surface area contributed by atoms with Crippen molar-refractivity contribution < 1.29 is 18.0 Å². The number of aromatic nitrogens is 1. The van der Waals surface area contributed by atoms with E-state index in [1.807, 2.05) is 0 Å². The normalized spacial score (nSPS) is 10.8. The van der Waals surface area contributed by atoms with Gasteiger partial charge in [-0.3, -0.25) is 25.4 Å². The van der Waals surface area contributed by atoms with Gasteiger partial charge in [-0.2, -0.15) is 0 Å². The summed E-state index contributed by atoms with van der Waals surface area (Å²) in [5, 5.41) is 0. The van der Waals surface area contributed by atoms with Crippen molar-refractivity contribution in [1.29, 1.82) is 0 Å². The maximum Gasteiger partial charge on any atom is 0.288 e. The molecule has 0 bridgehead atoms. The topological polar surface area (TPSA) is 105 Å². The predicted octanol–water partition coefficient (Wildman–Crippen LogP) is 0.560. The van der Waals surface area contributed by atoms with Gasteiger partial charge >= 0.3 is 0 Å². The number of nitrogens with zero attached hydrogens (tertiary/aromatic N) is 1. The third kappa shape index (κ3) is 3.89. The van der Waals surface area contributed by atoms with Gasteiger partial charge in [-0.05, 0) is 30.3 Å². The van der Waals surface area contributed by atoms with Crippen molar-refractivity contribution in [1.82, 2.24) is 15.8 Å². The molecule has 22 heavy (non-hydrogen) atoms. The first kappa shape index (κ1) is 15.6. The highest BCUT2D eigenvalue weighted by atomic mass is 32.2. The van der Waals surface area contributed by atoms with Crippen LogP contribution in [0.15, 0.2) is 53.6 Å². The summed E-state index contributed by atoms with van der Waals surface area (Å²) in [6, 6.07) is 10.3. The van der Waals surface area contributed by atoms with Gasteiger partial charge in [0.25, 0.3) is 11.8 Å². The molecule has 0 fully saturated rings. The maximum absolute atomic E-state index is 11.9. The molecule has 0 saturated carbocycles. The fraction of sp³-hybridized carbons (Fsp3) is 0.0714. The standard InChI is InChI=1S/C14H13N3O4S/c1-22(20,21)11-6-4-5-10(9-11)13(18)16-17-14(19)12-7-2-3-8-15-12/h2-9H,1H3,(H,16,18)(H,17,19). The largest absolute Gasteiger partial charge is 0.288 e. The number of benzene rings is 1. The Morgan fingerprint density at radius 1 is 1.00 bits per heavy atom. The molecule has 2 amide bonds. The van der Waals surface area contributed by atoms with Gasteiger partial charge in [0, 0.05) is 18.0 Å². The van der Waals surface area contributed by atoms with Crippen LogP contribution < -0.4 is 10.9 Å². The highest BCUT2D eigenvalue weighted by Crippen LogP contribution is 2.11. The molecule has 2 aromatic rings. The Bertz CT molecular complexity index is 804. The second-order valence-electron chi connectivity index (χ2n) is 4.42. The molecule has 114 valence electrons. The molecule has 0 radical (unpaired) electrons. The van der Waals surface area contributed by atoms with Crippen LogP contribution in [0.1, 0.15) is 20.8 Å². The fourth-order valence-corrected chi connectivity index (χ4v) is 2.28. The summed E-state index contributed by atoms with van der Waals surface area (Å²) in [5.74, 6) is -1.21. The predicted molar refractivity (Wildman–Crippen MR) is 78.7 cm³/mol. The van der Waals surface area contributed by atoms with E-state index in [0.717, 1.165) is 6.26 Å². The third-order valence-corrected chi connectivity index (χ3v) is 3.82. The van der Waals surface area contributed by atoms with Gasteiger partial charge in [-0.15, -0.1) is 0 Å². The number of rotatable bonds is 3. The number of nitrogens with one attached hydrogen (secondary N) is 2. The van der Waals surface area contributed by atoms with E-state index in [4.69, 9.17) is 0 Å². The highest BCUT2D eigenvalue weighted by molar-refractivity contribution is 7.90. The summed E-state index contributed by atoms with van der Waals surface area (Å²) < 4.78 is 22.9. The second kappa shape index (κ2) is 6.35. The SMILES string of the molecule is CS(=O)(=O)c1cccc(C(=O)NNC(=O)c2ccccn2)c1. The number of carbonyl (C=O) groups excluding carboxylic acids is 2. The van der Waals surface area contributed by atoms with Gasteiger partial charge in [0.2, 0.25) is 0 Å². The van der Waals surface area contributed by atoms with E-state index in [1.54, 1.807) is 12.1 Å². The monoisotopic (exact) mass is 319 g/mol. The summed E-state index contributed by atoms with van der Waals surface area (Å²) in [4.78, 5) is 27.5. The molecule has 0 unspecified atom stereocenters. The van der Waals surface area contributed by atoms with E-state index in [1.165, 1.54) is 36.5 Å². The summed E-state index contributed by atoms with van der Waals surface area (Å²) in [7, 11) is -3.41. The summed E-state index contributed by atoms with van der Waals surface area (Å²) in [6.45, 7) is 0. The van der Waals surface area contributed by atoms with Crippen LogP contribution >= 0.6 is 0 Å². The Labute approximate surface area is 127 Å². The lowest BCUT2D eigenvalue weighted by Crippen LogP contribution is -2.41. The Morgan fingerprint density at radius 2 is 1.73 bits per heavy atom. The van der Waals surface area contributed by atoms with Gasteiger partial charge < -0.3 is 0 Å². The smallest absolute Gasteiger partial charge is 0.267 e. The third-order valence-electron chi connectivity index (χ3n) is 2.71. The molecule has 2 rings (SSSR count). The molecule has 0 aliphatic rings. The number of hydrogen-bond acceptors (Lipinski definition) is 5. The van der Waals surface area contributed by atoms with Crippen LogP contribution in [0.5, 0.6) is 0 Å². The first-order valence-electron chi connectivity index (χ1n) is 6.20. The first-order chi connectivity index (χ1) is 10.4. The second-order valence-corrected chi connectivity index (χ2v) is 6.44. The van der Waals surface area contributed by atoms with Crippen LogP contribution in [0.3, 0.4) is 0 Å². The number of hydrazine groups is 1. The van der Waals surface area contributed by atoms with E-state index < -0.39 is 21.7 Å². The quantitative estimate of drug-likeness (QED) is 0.804. The zero-order valence-electron chi connectivity index (χ0n) is 11.6. The molecule has 0 saturated heterocycles. The fourth-order valence-electron chi connectivity index (χ4n) is 1.61. The van der Waals surface area contributed by atoms with Crippen molar-refractivity contribution in [2.45, 2.75) is 4.90 Å². The minimum absolute atomic E-state index is 0.0243. The van der Waals surface area contributed by atoms with E-state index in [9.17, 15) is 18.0 Å². The van der Waals surface area contributed by atoms with Crippen LogP contribution in [0, 0.1) is 0 Å². The molecule has 0 atom stereocenters. The molecule has 1 aromatic carbocycles. The lowest BCUT2D eigenvalue weighted by molar-refractivity contribution is 0.0844. The number of sulfone groups is 1. The zero-order chi connectivity index (χ0) is 16.2. The lowest BCUT2D eigenvalue weighted by atomic mass is 10.2. The van der Waals surface area contributed by atoms with Gasteiger partial charge in [0.1, 0.15) is 5.69 Å². The van der Waals surface area contributed by atoms with Crippen LogP contribution in [-0.2, 0) is 9.84 Å². The van der Waals surface area contributed by atoms with Crippen LogP contribution in [0.2, 0.25) is 0 Å². The van der Waals surface area contributed by atoms with Crippen LogP contribution in [-0.4, -0.2) is 31.5 Å². The number of carbonyl (C=O) groups is 2. The summed E-state index contributed by atoms with van der Waals surface area (Å²) >= 11 is 0. The Balaban J connectivity index is 2.06. The minimum atomic E-state index is -3.41. The average Bonchev–Trinajstić information content (AvgIpc) is 2.52. The molecular weight excluding hydrogens is 306 g/mol. The molecule has 2 N–H and O–H groups in total. The molecule has 1 heterocycles. The van der Waals surface area contributed by atoms with Gasteiger partial charge in [0.15, 0.2) is 9.84 Å². The van der Waals surface area contributed by atoms with Gasteiger partial charge in [-0.25, -0.2) is 8.42 Å². The summed E-state index contributed by atoms with van der Waals surface area (Å²) in [5.41, 5.74) is 4.67. The van der Waals surface area contributed by atoms with E-state index in [0.29, 0.717) is 0 Å². The molecule has 8 heteroatoms. The van der Waals surface area contributed by atoms with Crippen molar-refractivity contribution in [2.24, 2.45) is 0 Å². The Kier molecular flexibility index (Phi) is 4.52. The van der Waals surface area contributed by atoms with Crippen LogP contribution in [0.25, 0.3) is 0 Å². The van der Waals surface area contributed by atoms with Crippen LogP contribution in [0.4, 0.5) is 0 Å².